The van der Waals surface area contributed by atoms with Crippen molar-refractivity contribution < 1.29 is 28.2 Å². The van der Waals surface area contributed by atoms with E-state index in [1.54, 1.807) is 0 Å². The second-order valence-corrected chi connectivity index (χ2v) is 9.51. The van der Waals surface area contributed by atoms with E-state index in [2.05, 4.69) is 20.8 Å². The molecule has 0 bridgehead atoms. The van der Waals surface area contributed by atoms with Crippen LogP contribution in [0.2, 0.25) is 0 Å². The molecule has 168 valence electrons. The van der Waals surface area contributed by atoms with Crippen LogP contribution in [0.15, 0.2) is 0 Å². The van der Waals surface area contributed by atoms with Crippen LogP contribution in [0.1, 0.15) is 20.8 Å². The Labute approximate surface area is 185 Å². The van der Waals surface area contributed by atoms with Gasteiger partial charge in [-0.15, -0.1) is 0 Å². The van der Waals surface area contributed by atoms with Crippen LogP contribution < -0.4 is 0 Å². The van der Waals surface area contributed by atoms with Gasteiger partial charge in [-0.2, -0.15) is 35.3 Å². The van der Waals surface area contributed by atoms with Crippen LogP contribution in [-0.2, 0) is 28.2 Å². The molecule has 10 heteroatoms. The lowest BCUT2D eigenvalue weighted by Crippen LogP contribution is -2.31. The smallest absolute Gasteiger partial charge is 0.383 e. The lowest BCUT2D eigenvalue weighted by Gasteiger charge is -2.15. The summed E-state index contributed by atoms with van der Waals surface area (Å²) in [4.78, 5) is 0. The van der Waals surface area contributed by atoms with Gasteiger partial charge in [-0.05, 0) is 17.3 Å². The Hall–Kier alpha value is 0.875. The fourth-order valence-electron chi connectivity index (χ4n) is 1.85. The highest BCUT2D eigenvalue weighted by Gasteiger charge is 2.21. The number of thioether (sulfide) groups is 3. The van der Waals surface area contributed by atoms with Crippen LogP contribution in [0, 0.1) is 0 Å². The molecule has 0 unspecified atom stereocenters. The van der Waals surface area contributed by atoms with Crippen molar-refractivity contribution >= 4 is 42.6 Å². The minimum Gasteiger partial charge on any atom is -0.383 e. The maximum absolute atomic E-state index is 5.64. The van der Waals surface area contributed by atoms with Crippen molar-refractivity contribution in [2.75, 3.05) is 94.0 Å². The normalized spacial score (nSPS) is 11.2. The molecule has 0 aromatic carbocycles. The molecule has 0 aromatic rings. The van der Waals surface area contributed by atoms with Gasteiger partial charge in [-0.25, -0.2) is 0 Å². The first-order valence-electron chi connectivity index (χ1n) is 10.2. The summed E-state index contributed by atoms with van der Waals surface area (Å²) < 4.78 is 33.5. The fraction of sp³-hybridized carbons (Fsp3) is 1.00. The molecule has 0 heterocycles. The van der Waals surface area contributed by atoms with Crippen LogP contribution >= 0.6 is 35.3 Å². The van der Waals surface area contributed by atoms with Gasteiger partial charge >= 0.3 is 7.32 Å². The molecular formula is C18H39BO6S3. The second kappa shape index (κ2) is 25.9. The van der Waals surface area contributed by atoms with Gasteiger partial charge in [0.1, 0.15) is 0 Å². The molecule has 0 aliphatic heterocycles. The number of ether oxygens (including phenoxy) is 3. The summed E-state index contributed by atoms with van der Waals surface area (Å²) in [6, 6.07) is 0. The topological polar surface area (TPSA) is 55.4 Å². The predicted molar refractivity (Wildman–Crippen MR) is 125 cm³/mol. The van der Waals surface area contributed by atoms with Crippen LogP contribution in [0.4, 0.5) is 0 Å². The van der Waals surface area contributed by atoms with Crippen molar-refractivity contribution in [3.05, 3.63) is 0 Å². The van der Waals surface area contributed by atoms with Gasteiger partial charge in [0, 0.05) is 17.3 Å². The van der Waals surface area contributed by atoms with Crippen LogP contribution in [-0.4, -0.2) is 101 Å². The first kappa shape index (κ1) is 28.9. The average Bonchev–Trinajstić information content (AvgIpc) is 2.71. The summed E-state index contributed by atoms with van der Waals surface area (Å²) in [6.07, 6.45) is 0. The fourth-order valence-corrected chi connectivity index (χ4v) is 3.42. The Morgan fingerprint density at radius 1 is 0.464 bits per heavy atom. The van der Waals surface area contributed by atoms with Gasteiger partial charge in [-0.1, -0.05) is 20.8 Å². The minimum atomic E-state index is -0.712. The highest BCUT2D eigenvalue weighted by atomic mass is 32.2. The quantitative estimate of drug-likeness (QED) is 0.160. The highest BCUT2D eigenvalue weighted by molar-refractivity contribution is 7.99. The monoisotopic (exact) mass is 458 g/mol. The zero-order valence-electron chi connectivity index (χ0n) is 17.9. The molecule has 6 nitrogen and oxygen atoms in total. The summed E-state index contributed by atoms with van der Waals surface area (Å²) in [5.41, 5.74) is 0. The van der Waals surface area contributed by atoms with Crippen LogP contribution in [0.5, 0.6) is 0 Å². The molecule has 0 radical (unpaired) electrons. The molecule has 0 saturated carbocycles. The largest absolute Gasteiger partial charge is 0.639 e. The molecule has 0 spiro atoms. The van der Waals surface area contributed by atoms with E-state index in [1.807, 2.05) is 35.3 Å². The van der Waals surface area contributed by atoms with Crippen molar-refractivity contribution in [1.82, 2.24) is 0 Å². The Morgan fingerprint density at radius 3 is 1.07 bits per heavy atom. The van der Waals surface area contributed by atoms with Gasteiger partial charge in [0.15, 0.2) is 0 Å². The number of hydrogen-bond acceptors (Lipinski definition) is 9. The van der Waals surface area contributed by atoms with E-state index in [0.29, 0.717) is 39.6 Å². The summed E-state index contributed by atoms with van der Waals surface area (Å²) in [5.74, 6) is 6.36. The van der Waals surface area contributed by atoms with E-state index in [4.69, 9.17) is 28.2 Å². The first-order chi connectivity index (χ1) is 13.8. The molecule has 0 saturated heterocycles. The summed E-state index contributed by atoms with van der Waals surface area (Å²) in [6.45, 7) is 11.5. The van der Waals surface area contributed by atoms with Gasteiger partial charge < -0.3 is 28.2 Å². The Morgan fingerprint density at radius 2 is 0.786 bits per heavy atom. The van der Waals surface area contributed by atoms with E-state index < -0.39 is 7.32 Å². The van der Waals surface area contributed by atoms with Gasteiger partial charge in [-0.3, -0.25) is 0 Å². The summed E-state index contributed by atoms with van der Waals surface area (Å²) in [5, 5.41) is 0. The highest BCUT2D eigenvalue weighted by Crippen LogP contribution is 2.00. The molecule has 0 amide bonds. The van der Waals surface area contributed by atoms with Crippen LogP contribution in [0.3, 0.4) is 0 Å². The molecule has 0 fully saturated rings. The van der Waals surface area contributed by atoms with E-state index in [9.17, 15) is 0 Å². The SMILES string of the molecule is CCSCCOCCOB(OCCOCCSCC)OCCOCCSCC. The lowest BCUT2D eigenvalue weighted by molar-refractivity contribution is 0.0248. The summed E-state index contributed by atoms with van der Waals surface area (Å²) >= 11 is 5.60. The van der Waals surface area contributed by atoms with E-state index >= 15 is 0 Å². The minimum absolute atomic E-state index is 0.434. The number of rotatable bonds is 24. The molecule has 0 N–H and O–H groups in total. The Kier molecular flexibility index (Phi) is 26.7. The zero-order valence-corrected chi connectivity index (χ0v) is 20.3. The van der Waals surface area contributed by atoms with Crippen molar-refractivity contribution in [3.63, 3.8) is 0 Å². The predicted octanol–water partition coefficient (Wildman–Crippen LogP) is 3.33. The van der Waals surface area contributed by atoms with Gasteiger partial charge in [0.25, 0.3) is 0 Å². The zero-order chi connectivity index (χ0) is 20.5. The Balaban J connectivity index is 3.80. The van der Waals surface area contributed by atoms with E-state index in [-0.39, 0.29) is 0 Å². The average molecular weight is 459 g/mol. The van der Waals surface area contributed by atoms with Crippen molar-refractivity contribution in [2.24, 2.45) is 0 Å². The maximum Gasteiger partial charge on any atom is 0.639 e. The third-order valence-corrected chi connectivity index (χ3v) is 5.76. The molecular weight excluding hydrogens is 419 g/mol. The lowest BCUT2D eigenvalue weighted by atomic mass is 10.2. The molecule has 0 aliphatic carbocycles. The maximum atomic E-state index is 5.64. The van der Waals surface area contributed by atoms with Gasteiger partial charge in [0.2, 0.25) is 0 Å². The van der Waals surface area contributed by atoms with E-state index in [0.717, 1.165) is 54.3 Å². The second-order valence-electron chi connectivity index (χ2n) is 5.33. The molecule has 0 aromatic heterocycles. The third-order valence-electron chi connectivity index (χ3n) is 3.17. The standard InChI is InChI=1S/C18H39BO6S3/c1-4-26-16-13-20-7-10-23-19(24-11-8-21-14-17-27-5-2)25-12-9-22-15-18-28-6-3/h4-18H2,1-3H3. The molecule has 0 aliphatic rings. The third kappa shape index (κ3) is 23.2. The van der Waals surface area contributed by atoms with Crippen molar-refractivity contribution in [1.29, 1.82) is 0 Å². The molecule has 28 heavy (non-hydrogen) atoms. The van der Waals surface area contributed by atoms with Crippen molar-refractivity contribution in [3.8, 4) is 0 Å². The number of hydrogen-bond donors (Lipinski definition) is 0. The molecule has 0 rings (SSSR count). The summed E-state index contributed by atoms with van der Waals surface area (Å²) in [7, 11) is -0.712. The van der Waals surface area contributed by atoms with Gasteiger partial charge in [0.05, 0.1) is 59.5 Å². The van der Waals surface area contributed by atoms with Crippen LogP contribution in [0.25, 0.3) is 0 Å². The molecule has 0 atom stereocenters. The van der Waals surface area contributed by atoms with E-state index in [1.165, 1.54) is 0 Å². The van der Waals surface area contributed by atoms with Crippen molar-refractivity contribution in [2.45, 2.75) is 20.8 Å². The first-order valence-corrected chi connectivity index (χ1v) is 13.6. The Bertz CT molecular complexity index is 253.